The number of benzene rings is 1. The van der Waals surface area contributed by atoms with Crippen molar-refractivity contribution in [2.75, 3.05) is 24.4 Å². The Morgan fingerprint density at radius 1 is 1.24 bits per heavy atom. The fourth-order valence-corrected chi connectivity index (χ4v) is 2.05. The number of hydrogen-bond acceptors (Lipinski definition) is 6. The number of anilines is 2. The van der Waals surface area contributed by atoms with Gasteiger partial charge in [-0.25, -0.2) is 4.98 Å². The number of alkyl halides is 3. The zero-order valence-electron chi connectivity index (χ0n) is 13.8. The van der Waals surface area contributed by atoms with Crippen molar-refractivity contribution in [1.82, 2.24) is 9.97 Å². The van der Waals surface area contributed by atoms with E-state index in [2.05, 4.69) is 20.6 Å². The number of nitrogens with zero attached hydrogens (tertiary/aromatic N) is 2. The molecule has 1 aromatic heterocycles. The molecule has 0 saturated heterocycles. The maximum atomic E-state index is 13.0. The number of aromatic nitrogens is 2. The molecule has 1 atom stereocenters. The average Bonchev–Trinajstić information content (AvgIpc) is 2.59. The first-order chi connectivity index (χ1) is 11.8. The molecule has 0 aliphatic rings. The van der Waals surface area contributed by atoms with Crippen molar-refractivity contribution in [2.45, 2.75) is 25.7 Å². The second kappa shape index (κ2) is 8.02. The molecule has 0 radical (unpaired) electrons. The van der Waals surface area contributed by atoms with E-state index in [1.165, 1.54) is 7.11 Å². The molecule has 1 heterocycles. The molecular formula is C16H19F3N4O2. The van der Waals surface area contributed by atoms with E-state index in [9.17, 15) is 13.2 Å². The van der Waals surface area contributed by atoms with Crippen LogP contribution in [0.4, 0.5) is 24.9 Å². The highest BCUT2D eigenvalue weighted by molar-refractivity contribution is 5.45. The zero-order chi connectivity index (χ0) is 18.4. The van der Waals surface area contributed by atoms with Crippen LogP contribution in [-0.4, -0.2) is 34.8 Å². The van der Waals surface area contributed by atoms with Gasteiger partial charge in [0.2, 0.25) is 5.95 Å². The van der Waals surface area contributed by atoms with Gasteiger partial charge in [-0.1, -0.05) is 18.2 Å². The molecule has 0 saturated carbocycles. The summed E-state index contributed by atoms with van der Waals surface area (Å²) in [5, 5.41) is 14.5. The molecule has 25 heavy (non-hydrogen) atoms. The number of para-hydroxylation sites is 1. The standard InChI is InChI=1S/C16H19F3N4O2/c1-10(9-24)21-15-22-13(16(17,18)19)7-14(23-15)20-8-11-5-3-4-6-12(11)25-2/h3-7,10,24H,8-9H2,1-2H3,(H2,20,21,22,23)/t10-/m1/s1. The fraction of sp³-hybridized carbons (Fsp3) is 0.375. The number of halogens is 3. The lowest BCUT2D eigenvalue weighted by Gasteiger charge is -2.15. The SMILES string of the molecule is COc1ccccc1CNc1cc(C(F)(F)F)nc(N[C@H](C)CO)n1. The Morgan fingerprint density at radius 2 is 1.96 bits per heavy atom. The van der Waals surface area contributed by atoms with Gasteiger partial charge in [0.25, 0.3) is 0 Å². The Hall–Kier alpha value is -2.55. The smallest absolute Gasteiger partial charge is 0.433 e. The van der Waals surface area contributed by atoms with Crippen LogP contribution < -0.4 is 15.4 Å². The Labute approximate surface area is 143 Å². The molecule has 1 aromatic carbocycles. The summed E-state index contributed by atoms with van der Waals surface area (Å²) in [5.74, 6) is 0.423. The van der Waals surface area contributed by atoms with Gasteiger partial charge in [0.1, 0.15) is 11.6 Å². The Bertz CT molecular complexity index is 710. The van der Waals surface area contributed by atoms with Crippen molar-refractivity contribution >= 4 is 11.8 Å². The number of methoxy groups -OCH3 is 1. The second-order valence-corrected chi connectivity index (χ2v) is 5.35. The summed E-state index contributed by atoms with van der Waals surface area (Å²) in [6.07, 6.45) is -4.61. The lowest BCUT2D eigenvalue weighted by atomic mass is 10.2. The van der Waals surface area contributed by atoms with Gasteiger partial charge in [0.05, 0.1) is 13.7 Å². The van der Waals surface area contributed by atoms with E-state index in [4.69, 9.17) is 9.84 Å². The van der Waals surface area contributed by atoms with Crippen LogP contribution >= 0.6 is 0 Å². The summed E-state index contributed by atoms with van der Waals surface area (Å²) >= 11 is 0. The van der Waals surface area contributed by atoms with E-state index in [1.54, 1.807) is 31.2 Å². The molecule has 0 fully saturated rings. The number of rotatable bonds is 7. The minimum Gasteiger partial charge on any atom is -0.496 e. The van der Waals surface area contributed by atoms with Crippen molar-refractivity contribution in [3.63, 3.8) is 0 Å². The van der Waals surface area contributed by atoms with E-state index < -0.39 is 17.9 Å². The maximum Gasteiger partial charge on any atom is 0.433 e. The molecular weight excluding hydrogens is 337 g/mol. The van der Waals surface area contributed by atoms with Gasteiger partial charge in [-0.2, -0.15) is 18.2 Å². The third-order valence-corrected chi connectivity index (χ3v) is 3.32. The van der Waals surface area contributed by atoms with E-state index in [0.717, 1.165) is 11.6 Å². The molecule has 2 aromatic rings. The molecule has 0 amide bonds. The summed E-state index contributed by atoms with van der Waals surface area (Å²) in [5.41, 5.74) is -0.298. The zero-order valence-corrected chi connectivity index (χ0v) is 13.8. The first-order valence-electron chi connectivity index (χ1n) is 7.53. The van der Waals surface area contributed by atoms with Gasteiger partial charge in [-0.15, -0.1) is 0 Å². The average molecular weight is 356 g/mol. The lowest BCUT2D eigenvalue weighted by molar-refractivity contribution is -0.141. The van der Waals surface area contributed by atoms with Gasteiger partial charge < -0.3 is 20.5 Å². The molecule has 136 valence electrons. The molecule has 0 aliphatic heterocycles. The quantitative estimate of drug-likeness (QED) is 0.708. The highest BCUT2D eigenvalue weighted by atomic mass is 19.4. The Kier molecular flexibility index (Phi) is 6.02. The largest absolute Gasteiger partial charge is 0.496 e. The van der Waals surface area contributed by atoms with Crippen molar-refractivity contribution in [1.29, 1.82) is 0 Å². The van der Waals surface area contributed by atoms with Crippen LogP contribution in [-0.2, 0) is 12.7 Å². The minimum absolute atomic E-state index is 0.0147. The van der Waals surface area contributed by atoms with Crippen LogP contribution in [0.5, 0.6) is 5.75 Å². The summed E-state index contributed by atoms with van der Waals surface area (Å²) in [6.45, 7) is 1.57. The van der Waals surface area contributed by atoms with E-state index >= 15 is 0 Å². The van der Waals surface area contributed by atoms with Gasteiger partial charge in [0, 0.05) is 24.2 Å². The van der Waals surface area contributed by atoms with Gasteiger partial charge in [-0.3, -0.25) is 0 Å². The summed E-state index contributed by atoms with van der Waals surface area (Å²) in [7, 11) is 1.52. The van der Waals surface area contributed by atoms with Crippen molar-refractivity contribution < 1.29 is 23.0 Å². The molecule has 3 N–H and O–H groups in total. The second-order valence-electron chi connectivity index (χ2n) is 5.35. The van der Waals surface area contributed by atoms with E-state index in [-0.39, 0.29) is 24.9 Å². The highest BCUT2D eigenvalue weighted by Crippen LogP contribution is 2.30. The number of nitrogens with one attached hydrogen (secondary N) is 2. The predicted molar refractivity (Wildman–Crippen MR) is 87.5 cm³/mol. The van der Waals surface area contributed by atoms with Crippen LogP contribution in [0.2, 0.25) is 0 Å². The van der Waals surface area contributed by atoms with Crippen LogP contribution in [0.25, 0.3) is 0 Å². The van der Waals surface area contributed by atoms with Gasteiger partial charge >= 0.3 is 6.18 Å². The first-order valence-corrected chi connectivity index (χ1v) is 7.53. The van der Waals surface area contributed by atoms with Crippen LogP contribution in [0.3, 0.4) is 0 Å². The van der Waals surface area contributed by atoms with E-state index in [0.29, 0.717) is 5.75 Å². The Balaban J connectivity index is 2.25. The number of hydrogen-bond donors (Lipinski definition) is 3. The Morgan fingerprint density at radius 3 is 2.60 bits per heavy atom. The summed E-state index contributed by atoms with van der Waals surface area (Å²) in [6, 6.07) is 7.51. The van der Waals surface area contributed by atoms with Gasteiger partial charge in [-0.05, 0) is 13.0 Å². The summed E-state index contributed by atoms with van der Waals surface area (Å²) < 4.78 is 44.3. The third-order valence-electron chi connectivity index (χ3n) is 3.32. The fourth-order valence-electron chi connectivity index (χ4n) is 2.05. The normalized spacial score (nSPS) is 12.6. The van der Waals surface area contributed by atoms with Crippen LogP contribution in [0.1, 0.15) is 18.2 Å². The molecule has 0 aliphatic carbocycles. The monoisotopic (exact) mass is 356 g/mol. The third kappa shape index (κ3) is 5.21. The summed E-state index contributed by atoms with van der Waals surface area (Å²) in [4.78, 5) is 7.48. The molecule has 0 unspecified atom stereocenters. The number of ether oxygens (including phenoxy) is 1. The van der Waals surface area contributed by atoms with Crippen molar-refractivity contribution in [3.8, 4) is 5.75 Å². The molecule has 0 spiro atoms. The van der Waals surface area contributed by atoms with Crippen LogP contribution in [0, 0.1) is 0 Å². The van der Waals surface area contributed by atoms with Crippen molar-refractivity contribution in [3.05, 3.63) is 41.6 Å². The lowest BCUT2D eigenvalue weighted by Crippen LogP contribution is -2.22. The van der Waals surface area contributed by atoms with E-state index in [1.807, 2.05) is 0 Å². The molecule has 6 nitrogen and oxygen atoms in total. The predicted octanol–water partition coefficient (Wildman–Crippen LogP) is 2.91. The minimum atomic E-state index is -4.61. The molecule has 2 rings (SSSR count). The highest BCUT2D eigenvalue weighted by Gasteiger charge is 2.33. The van der Waals surface area contributed by atoms with Crippen molar-refractivity contribution in [2.24, 2.45) is 0 Å². The van der Waals surface area contributed by atoms with Gasteiger partial charge in [0.15, 0.2) is 5.69 Å². The first kappa shape index (κ1) is 18.8. The number of aliphatic hydroxyl groups is 1. The number of aliphatic hydroxyl groups excluding tert-OH is 1. The topological polar surface area (TPSA) is 79.3 Å². The van der Waals surface area contributed by atoms with Crippen LogP contribution in [0.15, 0.2) is 30.3 Å². The maximum absolute atomic E-state index is 13.0. The molecule has 0 bridgehead atoms. The molecule has 9 heteroatoms.